The Morgan fingerprint density at radius 1 is 1.60 bits per heavy atom. The first kappa shape index (κ1) is 10.7. The van der Waals surface area contributed by atoms with Crippen LogP contribution in [0.25, 0.3) is 0 Å². The molecule has 0 N–H and O–H groups in total. The van der Waals surface area contributed by atoms with Crippen molar-refractivity contribution >= 4 is 16.8 Å². The molecule has 1 aromatic rings. The molecule has 82 valence electrons. The summed E-state index contributed by atoms with van der Waals surface area (Å²) in [5.74, 6) is 0. The van der Waals surface area contributed by atoms with Crippen LogP contribution in [0.15, 0.2) is 0 Å². The highest BCUT2D eigenvalue weighted by Crippen LogP contribution is 2.24. The molecule has 0 aromatic carbocycles. The fraction of sp³-hybridized carbons (Fsp3) is 0.636. The number of halogens is 1. The Bertz CT molecular complexity index is 384. The largest absolute Gasteiger partial charge is 0.275 e. The Hall–Kier alpha value is -0.830. The van der Waals surface area contributed by atoms with E-state index in [1.165, 1.54) is 0 Å². The van der Waals surface area contributed by atoms with E-state index < -0.39 is 0 Å². The summed E-state index contributed by atoms with van der Waals surface area (Å²) in [7, 11) is 0. The van der Waals surface area contributed by atoms with Gasteiger partial charge in [-0.05, 0) is 37.3 Å². The molecule has 0 aliphatic carbocycles. The van der Waals surface area contributed by atoms with Gasteiger partial charge in [-0.1, -0.05) is 13.3 Å². The van der Waals surface area contributed by atoms with E-state index in [0.717, 1.165) is 50.0 Å². The average Bonchev–Trinajstić information content (AvgIpc) is 2.72. The minimum atomic E-state index is -0.343. The van der Waals surface area contributed by atoms with Gasteiger partial charge in [0.1, 0.15) is 0 Å². The molecule has 0 saturated heterocycles. The SMILES string of the molecule is CCCCc1nn2c(c1C(=O)Cl)CCC2. The number of carbonyl (C=O) groups excluding carboxylic acids is 1. The van der Waals surface area contributed by atoms with Crippen LogP contribution in [0, 0.1) is 0 Å². The van der Waals surface area contributed by atoms with Crippen LogP contribution in [0.2, 0.25) is 0 Å². The van der Waals surface area contributed by atoms with E-state index >= 15 is 0 Å². The number of hydrogen-bond donors (Lipinski definition) is 0. The quantitative estimate of drug-likeness (QED) is 0.740. The molecule has 0 saturated carbocycles. The van der Waals surface area contributed by atoms with Crippen LogP contribution in [-0.4, -0.2) is 15.0 Å². The fourth-order valence-electron chi connectivity index (χ4n) is 2.13. The van der Waals surface area contributed by atoms with Gasteiger partial charge in [-0.2, -0.15) is 5.10 Å². The van der Waals surface area contributed by atoms with Crippen molar-refractivity contribution in [1.29, 1.82) is 0 Å². The van der Waals surface area contributed by atoms with Crippen LogP contribution in [-0.2, 0) is 19.4 Å². The molecule has 0 radical (unpaired) electrons. The van der Waals surface area contributed by atoms with Crippen LogP contribution >= 0.6 is 11.6 Å². The van der Waals surface area contributed by atoms with E-state index in [0.29, 0.717) is 5.56 Å². The normalized spacial score (nSPS) is 14.3. The minimum absolute atomic E-state index is 0.343. The van der Waals surface area contributed by atoms with Crippen LogP contribution in [0.1, 0.15) is 47.9 Å². The molecule has 0 fully saturated rings. The zero-order valence-corrected chi connectivity index (χ0v) is 9.68. The molecule has 15 heavy (non-hydrogen) atoms. The summed E-state index contributed by atoms with van der Waals surface area (Å²) in [6.07, 6.45) is 5.05. The van der Waals surface area contributed by atoms with E-state index in [-0.39, 0.29) is 5.24 Å². The molecular weight excluding hydrogens is 212 g/mol. The maximum Gasteiger partial charge on any atom is 0.256 e. The van der Waals surface area contributed by atoms with Crippen molar-refractivity contribution in [1.82, 2.24) is 9.78 Å². The van der Waals surface area contributed by atoms with Gasteiger partial charge in [0.25, 0.3) is 5.24 Å². The molecule has 0 spiro atoms. The van der Waals surface area contributed by atoms with Crippen molar-refractivity contribution in [3.63, 3.8) is 0 Å². The molecule has 1 aliphatic heterocycles. The molecule has 2 heterocycles. The maximum atomic E-state index is 11.4. The number of aryl methyl sites for hydroxylation is 2. The van der Waals surface area contributed by atoms with Crippen LogP contribution in [0.5, 0.6) is 0 Å². The second-order valence-electron chi connectivity index (χ2n) is 3.97. The van der Waals surface area contributed by atoms with E-state index in [1.807, 2.05) is 4.68 Å². The predicted octanol–water partition coefficient (Wildman–Crippen LogP) is 2.55. The molecule has 1 aliphatic rings. The Balaban J connectivity index is 2.33. The molecule has 0 amide bonds. The molecule has 0 bridgehead atoms. The lowest BCUT2D eigenvalue weighted by atomic mass is 10.1. The van der Waals surface area contributed by atoms with Gasteiger partial charge in [-0.15, -0.1) is 0 Å². The van der Waals surface area contributed by atoms with Gasteiger partial charge in [-0.3, -0.25) is 9.48 Å². The van der Waals surface area contributed by atoms with Crippen LogP contribution < -0.4 is 0 Å². The van der Waals surface area contributed by atoms with E-state index in [2.05, 4.69) is 12.0 Å². The van der Waals surface area contributed by atoms with Crippen LogP contribution in [0.3, 0.4) is 0 Å². The standard InChI is InChI=1S/C11H15ClN2O/c1-2-3-5-8-10(11(12)15)9-6-4-7-14(9)13-8/h2-7H2,1H3. The van der Waals surface area contributed by atoms with Gasteiger partial charge in [0, 0.05) is 6.54 Å². The van der Waals surface area contributed by atoms with Crippen LogP contribution in [0.4, 0.5) is 0 Å². The van der Waals surface area contributed by atoms with Gasteiger partial charge in [-0.25, -0.2) is 0 Å². The molecule has 2 rings (SSSR count). The van der Waals surface area contributed by atoms with Gasteiger partial charge in [0.05, 0.1) is 17.0 Å². The summed E-state index contributed by atoms with van der Waals surface area (Å²) in [6, 6.07) is 0. The third-order valence-electron chi connectivity index (χ3n) is 2.88. The lowest BCUT2D eigenvalue weighted by Crippen LogP contribution is -1.98. The van der Waals surface area contributed by atoms with Crippen molar-refractivity contribution in [2.45, 2.75) is 45.6 Å². The molecular formula is C11H15ClN2O. The van der Waals surface area contributed by atoms with E-state index in [1.54, 1.807) is 0 Å². The zero-order valence-electron chi connectivity index (χ0n) is 8.92. The lowest BCUT2D eigenvalue weighted by Gasteiger charge is -1.98. The Morgan fingerprint density at radius 3 is 3.07 bits per heavy atom. The predicted molar refractivity (Wildman–Crippen MR) is 59.3 cm³/mol. The van der Waals surface area contributed by atoms with Crippen molar-refractivity contribution < 1.29 is 4.79 Å². The number of hydrogen-bond acceptors (Lipinski definition) is 2. The molecule has 0 unspecified atom stereocenters. The Morgan fingerprint density at radius 2 is 2.40 bits per heavy atom. The number of unbranched alkanes of at least 4 members (excludes halogenated alkanes) is 1. The number of nitrogens with zero attached hydrogens (tertiary/aromatic N) is 2. The van der Waals surface area contributed by atoms with Crippen molar-refractivity contribution in [3.8, 4) is 0 Å². The summed E-state index contributed by atoms with van der Waals surface area (Å²) in [5.41, 5.74) is 2.62. The molecule has 4 heteroatoms. The first-order chi connectivity index (χ1) is 7.24. The van der Waals surface area contributed by atoms with E-state index in [4.69, 9.17) is 11.6 Å². The Labute approximate surface area is 94.4 Å². The minimum Gasteiger partial charge on any atom is -0.275 e. The third-order valence-corrected chi connectivity index (χ3v) is 3.07. The summed E-state index contributed by atoms with van der Waals surface area (Å²) in [6.45, 7) is 3.06. The average molecular weight is 227 g/mol. The summed E-state index contributed by atoms with van der Waals surface area (Å²) >= 11 is 5.62. The smallest absolute Gasteiger partial charge is 0.256 e. The molecule has 3 nitrogen and oxygen atoms in total. The van der Waals surface area contributed by atoms with Crippen molar-refractivity contribution in [3.05, 3.63) is 17.0 Å². The van der Waals surface area contributed by atoms with E-state index in [9.17, 15) is 4.79 Å². The number of rotatable bonds is 4. The second kappa shape index (κ2) is 4.35. The monoisotopic (exact) mass is 226 g/mol. The fourth-order valence-corrected chi connectivity index (χ4v) is 2.35. The van der Waals surface area contributed by atoms with Gasteiger partial charge in [0.15, 0.2) is 0 Å². The van der Waals surface area contributed by atoms with Gasteiger partial charge in [0.2, 0.25) is 0 Å². The first-order valence-corrected chi connectivity index (χ1v) is 5.90. The molecule has 0 atom stereocenters. The van der Waals surface area contributed by atoms with Crippen molar-refractivity contribution in [2.24, 2.45) is 0 Å². The topological polar surface area (TPSA) is 34.9 Å². The zero-order chi connectivity index (χ0) is 10.8. The highest BCUT2D eigenvalue weighted by molar-refractivity contribution is 6.68. The highest BCUT2D eigenvalue weighted by Gasteiger charge is 2.24. The lowest BCUT2D eigenvalue weighted by molar-refractivity contribution is 0.107. The number of fused-ring (bicyclic) bond motifs is 1. The summed E-state index contributed by atoms with van der Waals surface area (Å²) in [4.78, 5) is 11.4. The number of aromatic nitrogens is 2. The summed E-state index contributed by atoms with van der Waals surface area (Å²) in [5, 5.41) is 4.12. The molecule has 1 aromatic heterocycles. The van der Waals surface area contributed by atoms with Gasteiger partial charge < -0.3 is 0 Å². The second-order valence-corrected chi connectivity index (χ2v) is 4.32. The third kappa shape index (κ3) is 1.93. The highest BCUT2D eigenvalue weighted by atomic mass is 35.5. The number of carbonyl (C=O) groups is 1. The summed E-state index contributed by atoms with van der Waals surface area (Å²) < 4.78 is 1.95. The Kier molecular flexibility index (Phi) is 3.10. The van der Waals surface area contributed by atoms with Crippen molar-refractivity contribution in [2.75, 3.05) is 0 Å². The van der Waals surface area contributed by atoms with Gasteiger partial charge >= 0.3 is 0 Å². The maximum absolute atomic E-state index is 11.4. The first-order valence-electron chi connectivity index (χ1n) is 5.52.